The molecule has 1 aromatic carbocycles. The predicted octanol–water partition coefficient (Wildman–Crippen LogP) is 1.20. The number of nitrogens with zero attached hydrogens (tertiary/aromatic N) is 4. The molecule has 0 saturated carbocycles. The smallest absolute Gasteiger partial charge is 0.471 e. The van der Waals surface area contributed by atoms with Crippen LogP contribution >= 0.6 is 0 Å². The standard InChI is InChI=1S/C28H31F3N8O8/c1-47-25(45)18(10-11-19(40)33-12-4-2-3-5-20(41)42)36-23(43)15-6-8-17(9-7-15)39(26(46)28(29,30)31)14-16-13-34-22-21(35-16)24(44)38-27(32)37-22/h6-9,13,18H,2-5,10-12,14H2,1H3,(H,33,40)(H,36,43)(H,41,42)(H3,32,34,37,38,44)/t18-/m0/s1. The van der Waals surface area contributed by atoms with Crippen LogP contribution in [0.3, 0.4) is 0 Å². The lowest BCUT2D eigenvalue weighted by atomic mass is 10.1. The van der Waals surface area contributed by atoms with E-state index in [-0.39, 0.29) is 53.3 Å². The van der Waals surface area contributed by atoms with Crippen LogP contribution in [0, 0.1) is 0 Å². The second kappa shape index (κ2) is 16.1. The van der Waals surface area contributed by atoms with Gasteiger partial charge in [0.1, 0.15) is 6.04 Å². The van der Waals surface area contributed by atoms with Crippen LogP contribution in [0.2, 0.25) is 0 Å². The normalized spacial score (nSPS) is 11.8. The number of nitrogen functional groups attached to an aromatic ring is 1. The summed E-state index contributed by atoms with van der Waals surface area (Å²) in [4.78, 5) is 86.6. The molecular formula is C28H31F3N8O8. The van der Waals surface area contributed by atoms with Gasteiger partial charge >= 0.3 is 24.0 Å². The molecule has 1 atom stereocenters. The number of aliphatic carboxylic acids is 1. The summed E-state index contributed by atoms with van der Waals surface area (Å²) in [5, 5.41) is 13.7. The molecule has 0 aliphatic carbocycles. The molecule has 3 amide bonds. The molecular weight excluding hydrogens is 633 g/mol. The molecule has 3 rings (SSSR count). The first-order chi connectivity index (χ1) is 22.2. The molecule has 0 aliphatic heterocycles. The maximum atomic E-state index is 13.5. The average Bonchev–Trinajstić information content (AvgIpc) is 3.02. The number of rotatable bonds is 15. The van der Waals surface area contributed by atoms with Gasteiger partial charge in [0.05, 0.1) is 25.5 Å². The fourth-order valence-electron chi connectivity index (χ4n) is 4.24. The number of ether oxygens (including phenoxy) is 1. The number of aromatic nitrogens is 4. The van der Waals surface area contributed by atoms with Crippen LogP contribution in [-0.2, 0) is 30.5 Å². The number of hydrogen-bond donors (Lipinski definition) is 5. The Balaban J connectivity index is 1.69. The minimum absolute atomic E-state index is 0.0273. The number of alkyl halides is 3. The zero-order chi connectivity index (χ0) is 34.7. The van der Waals surface area contributed by atoms with Crippen LogP contribution in [0.1, 0.15) is 54.6 Å². The van der Waals surface area contributed by atoms with E-state index in [2.05, 4.69) is 30.6 Å². The minimum Gasteiger partial charge on any atom is -0.481 e. The number of amides is 3. The highest BCUT2D eigenvalue weighted by Gasteiger charge is 2.43. The lowest BCUT2D eigenvalue weighted by Crippen LogP contribution is -2.42. The van der Waals surface area contributed by atoms with Gasteiger partial charge in [-0.05, 0) is 43.5 Å². The van der Waals surface area contributed by atoms with Gasteiger partial charge in [-0.1, -0.05) is 6.42 Å². The van der Waals surface area contributed by atoms with Crippen molar-refractivity contribution in [2.45, 2.75) is 57.3 Å². The monoisotopic (exact) mass is 664 g/mol. The number of esters is 1. The second-order valence-corrected chi connectivity index (χ2v) is 10.1. The number of unbranched alkanes of at least 4 members (excludes halogenated alkanes) is 2. The van der Waals surface area contributed by atoms with Crippen LogP contribution in [0.5, 0.6) is 0 Å². The largest absolute Gasteiger partial charge is 0.481 e. The van der Waals surface area contributed by atoms with Crippen LogP contribution in [0.4, 0.5) is 24.8 Å². The third-order valence-electron chi connectivity index (χ3n) is 6.58. The molecule has 19 heteroatoms. The molecule has 0 fully saturated rings. The third kappa shape index (κ3) is 10.5. The Morgan fingerprint density at radius 1 is 1.06 bits per heavy atom. The van der Waals surface area contributed by atoms with Gasteiger partial charge in [-0.25, -0.2) is 14.8 Å². The molecule has 47 heavy (non-hydrogen) atoms. The summed E-state index contributed by atoms with van der Waals surface area (Å²) in [6, 6.07) is 3.14. The van der Waals surface area contributed by atoms with Crippen molar-refractivity contribution in [3.8, 4) is 0 Å². The predicted molar refractivity (Wildman–Crippen MR) is 158 cm³/mol. The Bertz CT molecular complexity index is 1680. The van der Waals surface area contributed by atoms with Gasteiger partial charge in [0.25, 0.3) is 11.5 Å². The molecule has 0 bridgehead atoms. The molecule has 0 saturated heterocycles. The molecule has 252 valence electrons. The Labute approximate surface area is 263 Å². The molecule has 6 N–H and O–H groups in total. The summed E-state index contributed by atoms with van der Waals surface area (Å²) in [5.74, 6) is -5.48. The number of aromatic amines is 1. The van der Waals surface area contributed by atoms with E-state index in [4.69, 9.17) is 15.6 Å². The van der Waals surface area contributed by atoms with E-state index in [1.165, 1.54) is 0 Å². The van der Waals surface area contributed by atoms with Crippen LogP contribution in [-0.4, -0.2) is 80.6 Å². The zero-order valence-electron chi connectivity index (χ0n) is 24.9. The molecule has 2 heterocycles. The summed E-state index contributed by atoms with van der Waals surface area (Å²) >= 11 is 0. The van der Waals surface area contributed by atoms with E-state index >= 15 is 0 Å². The van der Waals surface area contributed by atoms with E-state index < -0.39 is 54.0 Å². The van der Waals surface area contributed by atoms with Gasteiger partial charge in [-0.2, -0.15) is 18.2 Å². The highest BCUT2D eigenvalue weighted by Crippen LogP contribution is 2.26. The maximum Gasteiger partial charge on any atom is 0.471 e. The Morgan fingerprint density at radius 2 is 1.77 bits per heavy atom. The number of carboxylic acid groups (broad SMARTS) is 1. The highest BCUT2D eigenvalue weighted by atomic mass is 19.4. The van der Waals surface area contributed by atoms with Gasteiger partial charge in [-0.3, -0.25) is 33.9 Å². The number of halogens is 3. The lowest BCUT2D eigenvalue weighted by molar-refractivity contribution is -0.170. The number of hydrogen-bond acceptors (Lipinski definition) is 11. The summed E-state index contributed by atoms with van der Waals surface area (Å²) < 4.78 is 45.3. The van der Waals surface area contributed by atoms with Gasteiger partial charge in [0.2, 0.25) is 11.9 Å². The fraction of sp³-hybridized carbons (Fsp3) is 0.393. The van der Waals surface area contributed by atoms with Crippen LogP contribution < -0.4 is 26.8 Å². The first-order valence-corrected chi connectivity index (χ1v) is 14.1. The van der Waals surface area contributed by atoms with Crippen molar-refractivity contribution in [1.82, 2.24) is 30.6 Å². The number of H-pyrrole nitrogens is 1. The Morgan fingerprint density at radius 3 is 2.40 bits per heavy atom. The maximum absolute atomic E-state index is 13.5. The van der Waals surface area contributed by atoms with Crippen molar-refractivity contribution in [1.29, 1.82) is 0 Å². The van der Waals surface area contributed by atoms with E-state index in [0.717, 1.165) is 37.6 Å². The fourth-order valence-corrected chi connectivity index (χ4v) is 4.24. The number of nitrogens with two attached hydrogens (primary N) is 1. The number of carboxylic acids is 1. The molecule has 0 aliphatic rings. The van der Waals surface area contributed by atoms with E-state index in [1.807, 2.05) is 0 Å². The SMILES string of the molecule is COC(=O)[C@H](CCC(=O)NCCCCCC(=O)O)NC(=O)c1ccc(N(Cc2cnc3nc(N)[nH]c(=O)c3n2)C(=O)C(F)(F)F)cc1. The summed E-state index contributed by atoms with van der Waals surface area (Å²) in [6.45, 7) is -0.461. The average molecular weight is 665 g/mol. The number of methoxy groups -OCH3 is 1. The first kappa shape index (κ1) is 35.9. The van der Waals surface area contributed by atoms with Gasteiger partial charge in [-0.15, -0.1) is 0 Å². The Kier molecular flexibility index (Phi) is 12.3. The summed E-state index contributed by atoms with van der Waals surface area (Å²) in [6.07, 6.45) is -2.91. The second-order valence-electron chi connectivity index (χ2n) is 10.1. The lowest BCUT2D eigenvalue weighted by Gasteiger charge is -2.24. The molecule has 16 nitrogen and oxygen atoms in total. The number of anilines is 2. The topological polar surface area (TPSA) is 240 Å². The van der Waals surface area contributed by atoms with Crippen molar-refractivity contribution >= 4 is 52.5 Å². The molecule has 2 aromatic heterocycles. The molecule has 0 radical (unpaired) electrons. The van der Waals surface area contributed by atoms with Gasteiger partial charge in [0, 0.05) is 30.6 Å². The number of nitrogens with one attached hydrogen (secondary N) is 3. The third-order valence-corrected chi connectivity index (χ3v) is 6.58. The number of benzene rings is 1. The van der Waals surface area contributed by atoms with Crippen molar-refractivity contribution in [2.75, 3.05) is 24.3 Å². The van der Waals surface area contributed by atoms with E-state index in [9.17, 15) is 41.9 Å². The van der Waals surface area contributed by atoms with E-state index in [1.54, 1.807) is 0 Å². The van der Waals surface area contributed by atoms with Crippen molar-refractivity contribution in [3.63, 3.8) is 0 Å². The van der Waals surface area contributed by atoms with E-state index in [0.29, 0.717) is 30.7 Å². The van der Waals surface area contributed by atoms with Crippen LogP contribution in [0.15, 0.2) is 35.3 Å². The highest BCUT2D eigenvalue weighted by molar-refractivity contribution is 5.99. The van der Waals surface area contributed by atoms with Gasteiger partial charge < -0.3 is 26.2 Å². The minimum atomic E-state index is -5.30. The Hall–Kier alpha value is -5.62. The number of carbonyl (C=O) groups excluding carboxylic acids is 4. The van der Waals surface area contributed by atoms with Crippen molar-refractivity contribution in [3.05, 3.63) is 52.1 Å². The number of carbonyl (C=O) groups is 5. The number of fused-ring (bicyclic) bond motifs is 1. The molecule has 0 spiro atoms. The zero-order valence-corrected chi connectivity index (χ0v) is 24.9. The van der Waals surface area contributed by atoms with Crippen molar-refractivity contribution in [2.24, 2.45) is 0 Å². The quantitative estimate of drug-likeness (QED) is 0.114. The molecule has 0 unspecified atom stereocenters. The summed E-state index contributed by atoms with van der Waals surface area (Å²) in [7, 11) is 1.09. The first-order valence-electron chi connectivity index (χ1n) is 14.1. The molecule has 3 aromatic rings. The summed E-state index contributed by atoms with van der Waals surface area (Å²) in [5.41, 5.74) is 3.65. The van der Waals surface area contributed by atoms with Crippen molar-refractivity contribution < 1.29 is 47.0 Å². The van der Waals surface area contributed by atoms with Gasteiger partial charge in [0.15, 0.2) is 11.2 Å². The van der Waals surface area contributed by atoms with Crippen LogP contribution in [0.25, 0.3) is 11.2 Å².